The fraction of sp³-hybridized carbons (Fsp3) is 0.562. The molecule has 0 unspecified atom stereocenters. The Balaban J connectivity index is 2.34. The van der Waals surface area contributed by atoms with Crippen LogP contribution in [0.15, 0.2) is 28.2 Å². The third kappa shape index (κ3) is 4.76. The topological polar surface area (TPSA) is 128 Å². The normalized spacial score (nSPS) is 23.0. The lowest BCUT2D eigenvalue weighted by molar-refractivity contribution is -0.384. The van der Waals surface area contributed by atoms with Crippen LogP contribution in [0, 0.1) is 27.9 Å². The molecule has 0 radical (unpaired) electrons. The zero-order valence-electron chi connectivity index (χ0n) is 14.6. The van der Waals surface area contributed by atoms with Gasteiger partial charge >= 0.3 is 0 Å². The maximum absolute atomic E-state index is 11.4. The fourth-order valence-electron chi connectivity index (χ4n) is 3.15. The number of nitro groups is 1. The average Bonchev–Trinajstić information content (AvgIpc) is 2.51. The summed E-state index contributed by atoms with van der Waals surface area (Å²) in [5.41, 5.74) is 3.53. The summed E-state index contributed by atoms with van der Waals surface area (Å²) in [6.07, 6.45) is 3.04. The van der Waals surface area contributed by atoms with Crippen molar-refractivity contribution in [3.8, 4) is 0 Å². The number of primary sulfonamides is 1. The minimum Gasteiger partial charge on any atom is -0.272 e. The first-order valence-corrected chi connectivity index (χ1v) is 9.78. The van der Waals surface area contributed by atoms with Gasteiger partial charge in [-0.3, -0.25) is 15.5 Å². The molecule has 1 aliphatic carbocycles. The molecule has 0 aliphatic heterocycles. The minimum atomic E-state index is -4.01. The van der Waals surface area contributed by atoms with Gasteiger partial charge in [-0.2, -0.15) is 5.10 Å². The van der Waals surface area contributed by atoms with Crippen LogP contribution in [-0.2, 0) is 10.0 Å². The van der Waals surface area contributed by atoms with E-state index in [9.17, 15) is 18.5 Å². The van der Waals surface area contributed by atoms with E-state index in [0.29, 0.717) is 17.8 Å². The monoisotopic (exact) mass is 368 g/mol. The van der Waals surface area contributed by atoms with Crippen molar-refractivity contribution in [2.45, 2.75) is 44.9 Å². The maximum atomic E-state index is 11.4. The Morgan fingerprint density at radius 1 is 1.36 bits per heavy atom. The van der Waals surface area contributed by atoms with Crippen LogP contribution >= 0.6 is 0 Å². The molecule has 9 heteroatoms. The van der Waals surface area contributed by atoms with E-state index < -0.39 is 14.9 Å². The first kappa shape index (κ1) is 19.3. The van der Waals surface area contributed by atoms with E-state index in [1.165, 1.54) is 12.1 Å². The summed E-state index contributed by atoms with van der Waals surface area (Å²) in [6.45, 7) is 6.44. The van der Waals surface area contributed by atoms with Crippen LogP contribution in [0.3, 0.4) is 0 Å². The molecule has 1 saturated carbocycles. The molecule has 1 fully saturated rings. The van der Waals surface area contributed by atoms with Crippen molar-refractivity contribution in [1.82, 2.24) is 0 Å². The van der Waals surface area contributed by atoms with Gasteiger partial charge in [0.2, 0.25) is 10.0 Å². The van der Waals surface area contributed by atoms with Gasteiger partial charge in [-0.15, -0.1) is 0 Å². The van der Waals surface area contributed by atoms with Crippen LogP contribution in [0.2, 0.25) is 0 Å². The minimum absolute atomic E-state index is 0.144. The van der Waals surface area contributed by atoms with E-state index in [4.69, 9.17) is 5.14 Å². The van der Waals surface area contributed by atoms with Crippen LogP contribution in [0.1, 0.15) is 40.0 Å². The van der Waals surface area contributed by atoms with Gasteiger partial charge in [0.25, 0.3) is 5.69 Å². The first-order valence-electron chi connectivity index (χ1n) is 8.23. The van der Waals surface area contributed by atoms with Gasteiger partial charge < -0.3 is 0 Å². The van der Waals surface area contributed by atoms with Crippen molar-refractivity contribution in [2.24, 2.45) is 28.0 Å². The number of nitrogens with zero attached hydrogens (tertiary/aromatic N) is 2. The number of anilines is 1. The molecule has 1 aromatic carbocycles. The van der Waals surface area contributed by atoms with Gasteiger partial charge in [0.15, 0.2) is 0 Å². The molecule has 0 heterocycles. The van der Waals surface area contributed by atoms with Crippen molar-refractivity contribution in [2.75, 3.05) is 5.43 Å². The Bertz CT molecular complexity index is 789. The molecule has 138 valence electrons. The number of benzene rings is 1. The van der Waals surface area contributed by atoms with Gasteiger partial charge in [-0.25, -0.2) is 13.6 Å². The summed E-state index contributed by atoms with van der Waals surface area (Å²) in [4.78, 5) is 10.3. The Labute approximate surface area is 147 Å². The molecule has 0 amide bonds. The molecule has 0 aromatic heterocycles. The average molecular weight is 368 g/mol. The lowest BCUT2D eigenvalue weighted by atomic mass is 9.76. The maximum Gasteiger partial charge on any atom is 0.295 e. The van der Waals surface area contributed by atoms with Gasteiger partial charge in [0.05, 0.1) is 9.82 Å². The van der Waals surface area contributed by atoms with E-state index in [-0.39, 0.29) is 16.3 Å². The van der Waals surface area contributed by atoms with E-state index >= 15 is 0 Å². The number of hydrazone groups is 1. The largest absolute Gasteiger partial charge is 0.295 e. The van der Waals surface area contributed by atoms with Crippen molar-refractivity contribution >= 4 is 27.1 Å². The van der Waals surface area contributed by atoms with Gasteiger partial charge in [-0.1, -0.05) is 20.8 Å². The SMILES string of the molecule is CC(C)[C@@H]1CC[C@@H](C)C/C1=N/Nc1ccc(S(N)(=O)=O)cc1[N+](=O)[O-]. The summed E-state index contributed by atoms with van der Waals surface area (Å²) in [5.74, 6) is 1.30. The lowest BCUT2D eigenvalue weighted by Crippen LogP contribution is -2.28. The summed E-state index contributed by atoms with van der Waals surface area (Å²) in [7, 11) is -4.01. The molecule has 2 rings (SSSR count). The molecule has 25 heavy (non-hydrogen) atoms. The van der Waals surface area contributed by atoms with Crippen molar-refractivity contribution in [3.05, 3.63) is 28.3 Å². The Morgan fingerprint density at radius 3 is 2.60 bits per heavy atom. The van der Waals surface area contributed by atoms with Gasteiger partial charge in [0, 0.05) is 17.7 Å². The highest BCUT2D eigenvalue weighted by molar-refractivity contribution is 7.89. The van der Waals surface area contributed by atoms with Crippen LogP contribution in [0.5, 0.6) is 0 Å². The summed E-state index contributed by atoms with van der Waals surface area (Å²) in [6, 6.07) is 3.49. The molecular formula is C16H24N4O4S. The molecule has 3 N–H and O–H groups in total. The predicted molar refractivity (Wildman–Crippen MR) is 96.9 cm³/mol. The summed E-state index contributed by atoms with van der Waals surface area (Å²) in [5, 5.41) is 20.7. The second-order valence-corrected chi connectivity index (χ2v) is 8.49. The van der Waals surface area contributed by atoms with Crippen LogP contribution in [-0.4, -0.2) is 19.1 Å². The summed E-state index contributed by atoms with van der Waals surface area (Å²) < 4.78 is 22.8. The van der Waals surface area contributed by atoms with E-state index in [0.717, 1.165) is 31.0 Å². The molecule has 1 aromatic rings. The fourth-order valence-corrected chi connectivity index (χ4v) is 3.69. The Morgan fingerprint density at radius 2 is 2.04 bits per heavy atom. The molecule has 1 aliphatic rings. The molecular weight excluding hydrogens is 344 g/mol. The van der Waals surface area contributed by atoms with Crippen molar-refractivity contribution in [1.29, 1.82) is 0 Å². The molecule has 2 atom stereocenters. The lowest BCUT2D eigenvalue weighted by Gasteiger charge is -2.30. The van der Waals surface area contributed by atoms with Crippen LogP contribution < -0.4 is 10.6 Å². The van der Waals surface area contributed by atoms with Crippen LogP contribution in [0.25, 0.3) is 0 Å². The number of nitrogens with two attached hydrogens (primary N) is 1. The van der Waals surface area contributed by atoms with Gasteiger partial charge in [0.1, 0.15) is 5.69 Å². The standard InChI is InChI=1S/C16H24N4O4S/c1-10(2)13-6-4-11(3)8-15(13)19-18-14-7-5-12(25(17,23)24)9-16(14)20(21)22/h5,7,9-11,13,18H,4,6,8H2,1-3H3,(H2,17,23,24)/b19-15-/t11-,13+/m1/s1. The third-order valence-corrected chi connectivity index (χ3v) is 5.49. The molecule has 8 nitrogen and oxygen atoms in total. The van der Waals surface area contributed by atoms with E-state index in [1.807, 2.05) is 0 Å². The Hall–Kier alpha value is -2.00. The molecule has 0 saturated heterocycles. The number of nitrogens with one attached hydrogen (secondary N) is 1. The number of sulfonamides is 1. The van der Waals surface area contributed by atoms with Crippen molar-refractivity contribution in [3.63, 3.8) is 0 Å². The first-order chi connectivity index (χ1) is 11.6. The highest BCUT2D eigenvalue weighted by atomic mass is 32.2. The molecule has 0 spiro atoms. The number of hydrogen-bond donors (Lipinski definition) is 2. The number of rotatable bonds is 5. The second kappa shape index (κ2) is 7.49. The third-order valence-electron chi connectivity index (χ3n) is 4.58. The van der Waals surface area contributed by atoms with Crippen molar-refractivity contribution < 1.29 is 13.3 Å². The molecule has 0 bridgehead atoms. The second-order valence-electron chi connectivity index (χ2n) is 6.93. The summed E-state index contributed by atoms with van der Waals surface area (Å²) >= 11 is 0. The van der Waals surface area contributed by atoms with E-state index in [2.05, 4.69) is 31.3 Å². The smallest absolute Gasteiger partial charge is 0.272 e. The Kier molecular flexibility index (Phi) is 5.79. The highest BCUT2D eigenvalue weighted by Gasteiger charge is 2.27. The van der Waals surface area contributed by atoms with Gasteiger partial charge in [-0.05, 0) is 43.2 Å². The number of hydrogen-bond acceptors (Lipinski definition) is 6. The zero-order valence-corrected chi connectivity index (χ0v) is 15.4. The quantitative estimate of drug-likeness (QED) is 0.609. The zero-order chi connectivity index (χ0) is 18.8. The van der Waals surface area contributed by atoms with E-state index in [1.54, 1.807) is 0 Å². The predicted octanol–water partition coefficient (Wildman–Crippen LogP) is 3.10. The highest BCUT2D eigenvalue weighted by Crippen LogP contribution is 2.32. The van der Waals surface area contributed by atoms with Crippen LogP contribution in [0.4, 0.5) is 11.4 Å². The number of nitro benzene ring substituents is 1.